The maximum atomic E-state index is 12.5. The lowest BCUT2D eigenvalue weighted by Crippen LogP contribution is -2.36. The number of sulfone groups is 1. The number of carbonyl (C=O) groups is 1. The topological polar surface area (TPSA) is 85.2 Å². The Labute approximate surface area is 151 Å². The molecule has 7 nitrogen and oxygen atoms in total. The van der Waals surface area contributed by atoms with Crippen molar-refractivity contribution < 1.29 is 13.2 Å². The third-order valence-corrected chi connectivity index (χ3v) is 5.43. The Kier molecular flexibility index (Phi) is 9.41. The van der Waals surface area contributed by atoms with Gasteiger partial charge >= 0.3 is 6.03 Å². The van der Waals surface area contributed by atoms with Gasteiger partial charge in [-0.3, -0.25) is 0 Å². The lowest BCUT2D eigenvalue weighted by molar-refractivity contribution is 0.200. The third-order valence-electron chi connectivity index (χ3n) is 3.86. The van der Waals surface area contributed by atoms with E-state index in [0.717, 1.165) is 43.2 Å². The monoisotopic (exact) mass is 370 g/mol. The molecule has 1 heterocycles. The molecule has 0 spiro atoms. The van der Waals surface area contributed by atoms with Crippen LogP contribution in [0.5, 0.6) is 0 Å². The molecule has 0 saturated heterocycles. The highest BCUT2D eigenvalue weighted by Crippen LogP contribution is 2.09. The molecule has 0 aliphatic rings. The molecule has 0 radical (unpaired) electrons. The van der Waals surface area contributed by atoms with Gasteiger partial charge in [-0.15, -0.1) is 11.7 Å². The van der Waals surface area contributed by atoms with Gasteiger partial charge in [0.15, 0.2) is 0 Å². The second-order valence-electron chi connectivity index (χ2n) is 6.08. The maximum absolute atomic E-state index is 12.5. The van der Waals surface area contributed by atoms with Crippen LogP contribution in [0.15, 0.2) is 24.1 Å². The van der Waals surface area contributed by atoms with E-state index in [1.165, 1.54) is 6.33 Å². The third kappa shape index (κ3) is 6.97. The minimum absolute atomic E-state index is 0.00638. The van der Waals surface area contributed by atoms with Crippen molar-refractivity contribution in [2.45, 2.75) is 63.9 Å². The standard InChI is InChI=1S/C17H30N4O3S/c1-4-7-9-10-13-20(12-6-3)17(22)21-15-18-16(19-21)25(23,24)14-11-8-5-2/h6,15H,3-5,7-14H2,1-2H3. The molecule has 0 bridgehead atoms. The van der Waals surface area contributed by atoms with Crippen molar-refractivity contribution in [3.63, 3.8) is 0 Å². The molecule has 1 aromatic heterocycles. The summed E-state index contributed by atoms with van der Waals surface area (Å²) >= 11 is 0. The molecule has 142 valence electrons. The first-order chi connectivity index (χ1) is 12.0. The first kappa shape index (κ1) is 21.3. The average molecular weight is 371 g/mol. The van der Waals surface area contributed by atoms with Crippen LogP contribution in [-0.4, -0.2) is 53.0 Å². The van der Waals surface area contributed by atoms with E-state index in [1.807, 2.05) is 6.92 Å². The lowest BCUT2D eigenvalue weighted by atomic mass is 10.2. The van der Waals surface area contributed by atoms with Gasteiger partial charge in [0.25, 0.3) is 5.16 Å². The van der Waals surface area contributed by atoms with Crippen molar-refractivity contribution in [1.29, 1.82) is 0 Å². The Morgan fingerprint density at radius 3 is 2.52 bits per heavy atom. The Hall–Kier alpha value is -1.70. The van der Waals surface area contributed by atoms with E-state index in [9.17, 15) is 13.2 Å². The van der Waals surface area contributed by atoms with Crippen LogP contribution in [0.3, 0.4) is 0 Å². The number of unbranched alkanes of at least 4 members (excludes halogenated alkanes) is 5. The summed E-state index contributed by atoms with van der Waals surface area (Å²) < 4.78 is 25.4. The van der Waals surface area contributed by atoms with Crippen molar-refractivity contribution >= 4 is 15.9 Å². The SMILES string of the molecule is C=CCN(CCCCCC)C(=O)n1cnc(S(=O)(=O)CCCCC)n1. The first-order valence-corrected chi connectivity index (χ1v) is 10.7. The quantitative estimate of drug-likeness (QED) is 0.416. The van der Waals surface area contributed by atoms with Gasteiger partial charge in [-0.05, 0) is 12.8 Å². The minimum Gasteiger partial charge on any atom is -0.319 e. The second-order valence-corrected chi connectivity index (χ2v) is 8.08. The maximum Gasteiger partial charge on any atom is 0.346 e. The Bertz CT molecular complexity index is 640. The predicted molar refractivity (Wildman–Crippen MR) is 98.3 cm³/mol. The number of hydrogen-bond acceptors (Lipinski definition) is 5. The highest BCUT2D eigenvalue weighted by molar-refractivity contribution is 7.91. The Balaban J connectivity index is 2.76. The highest BCUT2D eigenvalue weighted by atomic mass is 32.2. The van der Waals surface area contributed by atoms with Gasteiger partial charge in [-0.1, -0.05) is 52.0 Å². The zero-order valence-corrected chi connectivity index (χ0v) is 16.2. The van der Waals surface area contributed by atoms with Gasteiger partial charge in [-0.25, -0.2) is 18.2 Å². The van der Waals surface area contributed by atoms with Gasteiger partial charge in [0.05, 0.1) is 5.75 Å². The summed E-state index contributed by atoms with van der Waals surface area (Å²) in [4.78, 5) is 18.0. The van der Waals surface area contributed by atoms with Crippen molar-refractivity contribution in [3.8, 4) is 0 Å². The Morgan fingerprint density at radius 2 is 1.88 bits per heavy atom. The molecule has 1 rings (SSSR count). The molecule has 0 unspecified atom stereocenters. The van der Waals surface area contributed by atoms with Crippen LogP contribution in [0.4, 0.5) is 4.79 Å². The average Bonchev–Trinajstić information content (AvgIpc) is 3.08. The molecule has 1 amide bonds. The molecule has 0 aliphatic carbocycles. The normalized spacial score (nSPS) is 11.4. The summed E-state index contributed by atoms with van der Waals surface area (Å²) in [6.07, 6.45) is 9.36. The number of rotatable bonds is 12. The van der Waals surface area contributed by atoms with Crippen LogP contribution in [0.1, 0.15) is 58.8 Å². The lowest BCUT2D eigenvalue weighted by Gasteiger charge is -2.20. The van der Waals surface area contributed by atoms with E-state index >= 15 is 0 Å². The highest BCUT2D eigenvalue weighted by Gasteiger charge is 2.22. The fraction of sp³-hybridized carbons (Fsp3) is 0.706. The number of carbonyl (C=O) groups excluding carboxylic acids is 1. The molecule has 0 saturated carbocycles. The van der Waals surface area contributed by atoms with Gasteiger partial charge < -0.3 is 4.90 Å². The van der Waals surface area contributed by atoms with Gasteiger partial charge in [-0.2, -0.15) is 4.68 Å². The molecule has 0 atom stereocenters. The minimum atomic E-state index is -3.54. The largest absolute Gasteiger partial charge is 0.346 e. The zero-order chi connectivity index (χ0) is 18.7. The van der Waals surface area contributed by atoms with Gasteiger partial charge in [0.2, 0.25) is 9.84 Å². The zero-order valence-electron chi connectivity index (χ0n) is 15.4. The smallest absolute Gasteiger partial charge is 0.319 e. The molecular weight excluding hydrogens is 340 g/mol. The van der Waals surface area contributed by atoms with E-state index in [-0.39, 0.29) is 16.9 Å². The Morgan fingerprint density at radius 1 is 1.20 bits per heavy atom. The van der Waals surface area contributed by atoms with E-state index in [2.05, 4.69) is 23.6 Å². The van der Waals surface area contributed by atoms with E-state index in [4.69, 9.17) is 0 Å². The predicted octanol–water partition coefficient (Wildman–Crippen LogP) is 3.28. The first-order valence-electron chi connectivity index (χ1n) is 9.00. The van der Waals surface area contributed by atoms with Crippen molar-refractivity contribution in [1.82, 2.24) is 19.7 Å². The number of hydrogen-bond donors (Lipinski definition) is 0. The molecule has 1 aromatic rings. The van der Waals surface area contributed by atoms with E-state index < -0.39 is 9.84 Å². The molecule has 0 aromatic carbocycles. The van der Waals surface area contributed by atoms with Crippen LogP contribution in [0, 0.1) is 0 Å². The summed E-state index contributed by atoms with van der Waals surface area (Å²) in [6.45, 7) is 8.79. The molecule has 0 fully saturated rings. The van der Waals surface area contributed by atoms with Crippen LogP contribution in [-0.2, 0) is 9.84 Å². The van der Waals surface area contributed by atoms with Crippen molar-refractivity contribution in [3.05, 3.63) is 19.0 Å². The van der Waals surface area contributed by atoms with Gasteiger partial charge in [0, 0.05) is 13.1 Å². The van der Waals surface area contributed by atoms with Crippen LogP contribution in [0.25, 0.3) is 0 Å². The van der Waals surface area contributed by atoms with E-state index in [1.54, 1.807) is 11.0 Å². The second kappa shape index (κ2) is 11.0. The summed E-state index contributed by atoms with van der Waals surface area (Å²) in [5, 5.41) is 3.62. The number of aromatic nitrogens is 3. The fourth-order valence-corrected chi connectivity index (χ4v) is 3.60. The van der Waals surface area contributed by atoms with Crippen LogP contribution < -0.4 is 0 Å². The summed E-state index contributed by atoms with van der Waals surface area (Å²) in [7, 11) is -3.54. The van der Waals surface area contributed by atoms with Crippen molar-refractivity contribution in [2.24, 2.45) is 0 Å². The van der Waals surface area contributed by atoms with E-state index in [0.29, 0.717) is 19.5 Å². The molecule has 0 N–H and O–H groups in total. The summed E-state index contributed by atoms with van der Waals surface area (Å²) in [5.41, 5.74) is 0. The van der Waals surface area contributed by atoms with Crippen molar-refractivity contribution in [2.75, 3.05) is 18.8 Å². The molecular formula is C17H30N4O3S. The number of nitrogens with zero attached hydrogens (tertiary/aromatic N) is 4. The van der Waals surface area contributed by atoms with Gasteiger partial charge in [0.1, 0.15) is 6.33 Å². The van der Waals surface area contributed by atoms with Crippen LogP contribution in [0.2, 0.25) is 0 Å². The molecule has 25 heavy (non-hydrogen) atoms. The molecule has 8 heteroatoms. The fourth-order valence-electron chi connectivity index (χ4n) is 2.41. The number of amides is 1. The summed E-state index contributed by atoms with van der Waals surface area (Å²) in [6, 6.07) is -0.376. The summed E-state index contributed by atoms with van der Waals surface area (Å²) in [5.74, 6) is 0.00638. The molecule has 0 aliphatic heterocycles. The van der Waals surface area contributed by atoms with Crippen LogP contribution >= 0.6 is 0 Å².